The van der Waals surface area contributed by atoms with Crippen LogP contribution in [0.2, 0.25) is 0 Å². The van der Waals surface area contributed by atoms with E-state index in [-0.39, 0.29) is 5.24 Å². The van der Waals surface area contributed by atoms with Crippen LogP contribution in [0, 0.1) is 0 Å². The Morgan fingerprint density at radius 2 is 1.71 bits per heavy atom. The van der Waals surface area contributed by atoms with Crippen molar-refractivity contribution in [1.82, 2.24) is 10.4 Å². The number of amides is 2. The second kappa shape index (κ2) is 8.27. The van der Waals surface area contributed by atoms with Crippen molar-refractivity contribution in [1.29, 1.82) is 0 Å². The van der Waals surface area contributed by atoms with Gasteiger partial charge in [-0.05, 0) is 0 Å². The van der Waals surface area contributed by atoms with Crippen LogP contribution in [0.1, 0.15) is 0 Å². The quantitative estimate of drug-likeness (QED) is 0.517. The minimum Gasteiger partial charge on any atom is -0.361 e. The van der Waals surface area contributed by atoms with E-state index in [2.05, 4.69) is 36.4 Å². The van der Waals surface area contributed by atoms with Crippen molar-refractivity contribution < 1.29 is 9.59 Å². The van der Waals surface area contributed by atoms with E-state index in [4.69, 9.17) is 4.79 Å². The molecule has 0 saturated carbocycles. The van der Waals surface area contributed by atoms with E-state index < -0.39 is 5.24 Å². The van der Waals surface area contributed by atoms with Crippen LogP contribution >= 0.6 is 37.0 Å². The lowest BCUT2D eigenvalue weighted by molar-refractivity contribution is 0.205. The minimum absolute atomic E-state index is 0.271. The fraction of sp³-hybridized carbons (Fsp3) is 0.667. The Morgan fingerprint density at radius 1 is 1.29 bits per heavy atom. The molecule has 0 atom stereocenters. The van der Waals surface area contributed by atoms with Gasteiger partial charge in [-0.3, -0.25) is 15.0 Å². The van der Waals surface area contributed by atoms with Crippen molar-refractivity contribution in [2.75, 3.05) is 24.6 Å². The molecule has 1 aliphatic rings. The molecule has 82 valence electrons. The summed E-state index contributed by atoms with van der Waals surface area (Å²) in [6, 6.07) is 0. The third-order valence-electron chi connectivity index (χ3n) is 1.26. The van der Waals surface area contributed by atoms with Crippen LogP contribution in [0.4, 0.5) is 9.59 Å². The highest BCUT2D eigenvalue weighted by Crippen LogP contribution is 2.06. The maximum absolute atomic E-state index is 10.4. The zero-order chi connectivity index (χ0) is 11.0. The molecule has 0 bridgehead atoms. The first-order valence-electron chi connectivity index (χ1n) is 3.83. The normalized spacial score (nSPS) is 16.4. The fourth-order valence-corrected chi connectivity index (χ4v) is 1.85. The molecule has 0 unspecified atom stereocenters. The molecule has 8 heteroatoms. The van der Waals surface area contributed by atoms with Gasteiger partial charge in [-0.1, -0.05) is 25.3 Å². The average molecular weight is 255 g/mol. The van der Waals surface area contributed by atoms with Crippen LogP contribution in [0.3, 0.4) is 0 Å². The Bertz CT molecular complexity index is 193. The minimum atomic E-state index is -0.639. The number of primary amides is 1. The molecule has 0 aromatic heterocycles. The molecule has 1 fully saturated rings. The molecule has 3 N–H and O–H groups in total. The fourth-order valence-electron chi connectivity index (χ4n) is 0.810. The molecule has 0 spiro atoms. The molecule has 0 aromatic carbocycles. The van der Waals surface area contributed by atoms with E-state index in [0.717, 1.165) is 24.6 Å². The van der Waals surface area contributed by atoms with E-state index in [1.165, 1.54) is 0 Å². The van der Waals surface area contributed by atoms with Crippen LogP contribution in [-0.2, 0) is 0 Å². The number of nitrogens with two attached hydrogens (primary N) is 1. The van der Waals surface area contributed by atoms with Crippen molar-refractivity contribution in [3.8, 4) is 0 Å². The van der Waals surface area contributed by atoms with Gasteiger partial charge in [0.05, 0.1) is 0 Å². The summed E-state index contributed by atoms with van der Waals surface area (Å²) >= 11 is 8.62. The molecule has 2 amide bonds. The third kappa shape index (κ3) is 10.0. The summed E-state index contributed by atoms with van der Waals surface area (Å²) in [6.45, 7) is 1.86. The van der Waals surface area contributed by atoms with E-state index >= 15 is 0 Å². The number of nitrogens with zero attached hydrogens (tertiary/aromatic N) is 1. The Morgan fingerprint density at radius 3 is 2.07 bits per heavy atom. The summed E-state index contributed by atoms with van der Waals surface area (Å²) in [5.41, 5.74) is 6.96. The van der Waals surface area contributed by atoms with Gasteiger partial charge < -0.3 is 5.73 Å². The summed E-state index contributed by atoms with van der Waals surface area (Å²) in [5.74, 6) is 2.18. The van der Waals surface area contributed by atoms with Crippen LogP contribution in [0.5, 0.6) is 0 Å². The SMILES string of the molecule is NC(=O)S.O=C(S)NN1CCSCC1. The summed E-state index contributed by atoms with van der Waals surface area (Å²) in [6.07, 6.45) is 0. The molecule has 0 aliphatic carbocycles. The Kier molecular flexibility index (Phi) is 8.24. The molecule has 5 nitrogen and oxygen atoms in total. The summed E-state index contributed by atoms with van der Waals surface area (Å²) in [7, 11) is 0. The molecule has 1 saturated heterocycles. The smallest absolute Gasteiger partial charge is 0.290 e. The van der Waals surface area contributed by atoms with Gasteiger partial charge in [-0.15, -0.1) is 0 Å². The van der Waals surface area contributed by atoms with Crippen LogP contribution < -0.4 is 11.2 Å². The lowest BCUT2D eigenvalue weighted by atomic mass is 10.6. The van der Waals surface area contributed by atoms with E-state index in [0.29, 0.717) is 0 Å². The van der Waals surface area contributed by atoms with Crippen molar-refractivity contribution >= 4 is 47.5 Å². The highest BCUT2D eigenvalue weighted by molar-refractivity contribution is 7.99. The van der Waals surface area contributed by atoms with Gasteiger partial charge in [-0.2, -0.15) is 11.8 Å². The first-order chi connectivity index (χ1) is 6.52. The zero-order valence-corrected chi connectivity index (χ0v) is 10.1. The maximum Gasteiger partial charge on any atom is 0.290 e. The Balaban J connectivity index is 0.000000364. The number of thioether (sulfide) groups is 1. The lowest BCUT2D eigenvalue weighted by Gasteiger charge is -2.25. The van der Waals surface area contributed by atoms with E-state index in [1.54, 1.807) is 0 Å². The molecule has 1 heterocycles. The van der Waals surface area contributed by atoms with Gasteiger partial charge >= 0.3 is 0 Å². The van der Waals surface area contributed by atoms with Gasteiger partial charge in [0, 0.05) is 24.6 Å². The Labute approximate surface area is 97.9 Å². The van der Waals surface area contributed by atoms with Crippen molar-refractivity contribution in [2.24, 2.45) is 5.73 Å². The predicted octanol–water partition coefficient (Wildman–Crippen LogP) is 0.585. The van der Waals surface area contributed by atoms with Crippen molar-refractivity contribution in [3.63, 3.8) is 0 Å². The second-order valence-corrected chi connectivity index (χ2v) is 4.43. The maximum atomic E-state index is 10.4. The summed E-state index contributed by atoms with van der Waals surface area (Å²) in [4.78, 5) is 19.5. The number of hydrazine groups is 1. The lowest BCUT2D eigenvalue weighted by Crippen LogP contribution is -2.44. The molecule has 1 rings (SSSR count). The van der Waals surface area contributed by atoms with Crippen LogP contribution in [-0.4, -0.2) is 40.1 Å². The number of hydrogen-bond acceptors (Lipinski definition) is 4. The topological polar surface area (TPSA) is 75.4 Å². The first-order valence-corrected chi connectivity index (χ1v) is 5.88. The first kappa shape index (κ1) is 13.9. The number of hydrogen-bond donors (Lipinski definition) is 4. The predicted molar refractivity (Wildman–Crippen MR) is 65.0 cm³/mol. The number of carbonyl (C=O) groups is 2. The van der Waals surface area contributed by atoms with Gasteiger partial charge in [0.1, 0.15) is 0 Å². The molecular formula is C6H13N3O2S3. The summed E-state index contributed by atoms with van der Waals surface area (Å²) in [5, 5.41) is 0.984. The van der Waals surface area contributed by atoms with Gasteiger partial charge in [-0.25, -0.2) is 5.01 Å². The van der Waals surface area contributed by atoms with Crippen LogP contribution in [0.25, 0.3) is 0 Å². The second-order valence-electron chi connectivity index (χ2n) is 2.35. The average Bonchev–Trinajstić information content (AvgIpc) is 2.03. The van der Waals surface area contributed by atoms with Crippen LogP contribution in [0.15, 0.2) is 0 Å². The number of carbonyl (C=O) groups excluding carboxylic acids is 2. The van der Waals surface area contributed by atoms with Gasteiger partial charge in [0.15, 0.2) is 0 Å². The highest BCUT2D eigenvalue weighted by Gasteiger charge is 2.10. The molecule has 14 heavy (non-hydrogen) atoms. The van der Waals surface area contributed by atoms with E-state index in [1.807, 2.05) is 16.8 Å². The Hall–Kier alpha value is -0.0500. The molecule has 0 aromatic rings. The molecular weight excluding hydrogens is 242 g/mol. The molecule has 0 radical (unpaired) electrons. The number of thiol groups is 2. The zero-order valence-electron chi connectivity index (χ0n) is 7.47. The largest absolute Gasteiger partial charge is 0.361 e. The molecule has 1 aliphatic heterocycles. The highest BCUT2D eigenvalue weighted by atomic mass is 32.2. The standard InChI is InChI=1S/C5H10N2OS2.CH3NOS/c8-5(9)6-7-1-3-10-4-2-7;2-1(3)4/h1-4H2,(H2,6,8,9);(H3,2,3,4). The van der Waals surface area contributed by atoms with E-state index in [9.17, 15) is 4.79 Å². The van der Waals surface area contributed by atoms with Crippen molar-refractivity contribution in [2.45, 2.75) is 0 Å². The number of rotatable bonds is 1. The third-order valence-corrected chi connectivity index (χ3v) is 2.31. The van der Waals surface area contributed by atoms with Crippen molar-refractivity contribution in [3.05, 3.63) is 0 Å². The monoisotopic (exact) mass is 255 g/mol. The van der Waals surface area contributed by atoms with Gasteiger partial charge in [0.2, 0.25) is 0 Å². The van der Waals surface area contributed by atoms with Gasteiger partial charge in [0.25, 0.3) is 10.5 Å². The number of nitrogens with one attached hydrogen (secondary N) is 1. The summed E-state index contributed by atoms with van der Waals surface area (Å²) < 4.78 is 0.